The van der Waals surface area contributed by atoms with E-state index >= 15 is 0 Å². The van der Waals surface area contributed by atoms with Crippen molar-refractivity contribution in [3.8, 4) is 11.4 Å². The molecule has 0 amide bonds. The van der Waals surface area contributed by atoms with Gasteiger partial charge in [0.25, 0.3) is 5.69 Å². The number of nitro benzene ring substituents is 1. The fourth-order valence-electron chi connectivity index (χ4n) is 2.38. The summed E-state index contributed by atoms with van der Waals surface area (Å²) >= 11 is 0. The van der Waals surface area contributed by atoms with Gasteiger partial charge in [0, 0.05) is 34.7 Å². The lowest BCUT2D eigenvalue weighted by atomic mass is 10.1. The van der Waals surface area contributed by atoms with E-state index in [0.29, 0.717) is 16.7 Å². The molecule has 2 heterocycles. The normalized spacial score (nSPS) is 11.1. The minimum absolute atomic E-state index is 0.0312. The van der Waals surface area contributed by atoms with Crippen molar-refractivity contribution in [1.82, 2.24) is 9.97 Å². The zero-order valence-corrected chi connectivity index (χ0v) is 11.3. The number of hydrogen-bond donors (Lipinski definition) is 0. The van der Waals surface area contributed by atoms with E-state index < -0.39 is 4.92 Å². The Morgan fingerprint density at radius 2 is 1.95 bits per heavy atom. The van der Waals surface area contributed by atoms with Crippen molar-refractivity contribution in [3.05, 3.63) is 65.0 Å². The van der Waals surface area contributed by atoms with Crippen LogP contribution in [0.15, 0.2) is 59.3 Å². The molecule has 2 aromatic heterocycles. The van der Waals surface area contributed by atoms with Gasteiger partial charge in [0.05, 0.1) is 16.7 Å². The molecule has 0 saturated carbocycles. The van der Waals surface area contributed by atoms with E-state index in [9.17, 15) is 10.1 Å². The average Bonchev–Trinajstić information content (AvgIpc) is 3.01. The predicted octanol–water partition coefficient (Wildman–Crippen LogP) is 3.95. The molecule has 0 unspecified atom stereocenters. The van der Waals surface area contributed by atoms with Crippen molar-refractivity contribution in [2.45, 2.75) is 0 Å². The van der Waals surface area contributed by atoms with E-state index in [-0.39, 0.29) is 5.69 Å². The second-order valence-corrected chi connectivity index (χ2v) is 4.87. The number of nitro groups is 1. The molecule has 22 heavy (non-hydrogen) atoms. The number of benzene rings is 2. The van der Waals surface area contributed by atoms with Crippen molar-refractivity contribution in [2.75, 3.05) is 0 Å². The Labute approximate surface area is 124 Å². The smallest absolute Gasteiger partial charge is 0.270 e. The Kier molecular flexibility index (Phi) is 2.62. The first kappa shape index (κ1) is 12.5. The fourth-order valence-corrected chi connectivity index (χ4v) is 2.38. The van der Waals surface area contributed by atoms with Gasteiger partial charge in [0.2, 0.25) is 0 Å². The minimum Gasteiger partial charge on any atom is -0.464 e. The number of aromatic nitrogens is 2. The number of rotatable bonds is 2. The third-order valence-corrected chi connectivity index (χ3v) is 3.48. The van der Waals surface area contributed by atoms with Gasteiger partial charge in [-0.1, -0.05) is 0 Å². The molecule has 0 N–H and O–H groups in total. The highest BCUT2D eigenvalue weighted by atomic mass is 16.6. The van der Waals surface area contributed by atoms with Crippen molar-refractivity contribution < 1.29 is 9.34 Å². The number of fused-ring (bicyclic) bond motifs is 2. The van der Waals surface area contributed by atoms with Gasteiger partial charge in [-0.15, -0.1) is 0 Å². The molecule has 0 aliphatic carbocycles. The number of non-ortho nitro benzene ring substituents is 1. The summed E-state index contributed by atoms with van der Waals surface area (Å²) in [6.45, 7) is 0. The quantitative estimate of drug-likeness (QED) is 0.412. The van der Waals surface area contributed by atoms with Gasteiger partial charge < -0.3 is 4.42 Å². The molecule has 6 heteroatoms. The number of nitrogens with zero attached hydrogens (tertiary/aromatic N) is 3. The Bertz CT molecular complexity index is 1020. The van der Waals surface area contributed by atoms with Gasteiger partial charge >= 0.3 is 0 Å². The van der Waals surface area contributed by atoms with Crippen LogP contribution in [0.25, 0.3) is 33.3 Å². The van der Waals surface area contributed by atoms with Crippen LogP contribution in [0.2, 0.25) is 0 Å². The standard InChI is InChI=1S/C16H9N3O3/c20-19(21)13-2-3-14-12(8-13)9-17-16(18-14)11-1-4-15-10(7-11)5-6-22-15/h1-9H. The summed E-state index contributed by atoms with van der Waals surface area (Å²) in [6.07, 6.45) is 3.24. The lowest BCUT2D eigenvalue weighted by Gasteiger charge is -2.02. The predicted molar refractivity (Wildman–Crippen MR) is 81.4 cm³/mol. The Hall–Kier alpha value is -3.28. The molecule has 0 aliphatic rings. The summed E-state index contributed by atoms with van der Waals surface area (Å²) in [7, 11) is 0. The zero-order chi connectivity index (χ0) is 15.1. The van der Waals surface area contributed by atoms with Crippen LogP contribution in [0, 0.1) is 10.1 Å². The van der Waals surface area contributed by atoms with Crippen LogP contribution >= 0.6 is 0 Å². The first-order valence-electron chi connectivity index (χ1n) is 6.59. The van der Waals surface area contributed by atoms with Gasteiger partial charge in [0.15, 0.2) is 5.82 Å². The number of hydrogen-bond acceptors (Lipinski definition) is 5. The van der Waals surface area contributed by atoms with Crippen molar-refractivity contribution in [2.24, 2.45) is 0 Å². The SMILES string of the molecule is O=[N+]([O-])c1ccc2nc(-c3ccc4occc4c3)ncc2c1. The topological polar surface area (TPSA) is 82.1 Å². The molecule has 0 atom stereocenters. The second-order valence-electron chi connectivity index (χ2n) is 4.87. The maximum absolute atomic E-state index is 10.8. The summed E-state index contributed by atoms with van der Waals surface area (Å²) < 4.78 is 5.31. The van der Waals surface area contributed by atoms with Gasteiger partial charge in [0.1, 0.15) is 5.58 Å². The van der Waals surface area contributed by atoms with E-state index in [4.69, 9.17) is 4.42 Å². The second kappa shape index (κ2) is 4.63. The molecule has 0 saturated heterocycles. The third-order valence-electron chi connectivity index (χ3n) is 3.48. The van der Waals surface area contributed by atoms with Crippen LogP contribution in [0.1, 0.15) is 0 Å². The van der Waals surface area contributed by atoms with E-state index in [1.54, 1.807) is 18.5 Å². The highest BCUT2D eigenvalue weighted by Gasteiger charge is 2.09. The highest BCUT2D eigenvalue weighted by Crippen LogP contribution is 2.25. The molecular weight excluding hydrogens is 282 g/mol. The first-order valence-corrected chi connectivity index (χ1v) is 6.59. The van der Waals surface area contributed by atoms with Gasteiger partial charge in [-0.05, 0) is 30.3 Å². The molecule has 4 rings (SSSR count). The molecule has 106 valence electrons. The molecule has 0 aliphatic heterocycles. The summed E-state index contributed by atoms with van der Waals surface area (Å²) in [5.41, 5.74) is 2.38. The summed E-state index contributed by atoms with van der Waals surface area (Å²) in [5, 5.41) is 12.4. The molecule has 0 fully saturated rings. The maximum Gasteiger partial charge on any atom is 0.270 e. The monoisotopic (exact) mass is 291 g/mol. The van der Waals surface area contributed by atoms with E-state index in [2.05, 4.69) is 9.97 Å². The lowest BCUT2D eigenvalue weighted by molar-refractivity contribution is -0.384. The molecule has 4 aromatic rings. The molecule has 0 radical (unpaired) electrons. The summed E-state index contributed by atoms with van der Waals surface area (Å²) in [5.74, 6) is 0.574. The minimum atomic E-state index is -0.430. The molecule has 0 spiro atoms. The van der Waals surface area contributed by atoms with Gasteiger partial charge in [-0.25, -0.2) is 9.97 Å². The molecular formula is C16H9N3O3. The van der Waals surface area contributed by atoms with Crippen LogP contribution < -0.4 is 0 Å². The maximum atomic E-state index is 10.8. The van der Waals surface area contributed by atoms with Crippen molar-refractivity contribution in [3.63, 3.8) is 0 Å². The first-order chi connectivity index (χ1) is 10.7. The Balaban J connectivity index is 1.84. The van der Waals surface area contributed by atoms with Crippen LogP contribution in [0.3, 0.4) is 0 Å². The zero-order valence-electron chi connectivity index (χ0n) is 11.3. The van der Waals surface area contributed by atoms with E-state index in [1.807, 2.05) is 24.3 Å². The summed E-state index contributed by atoms with van der Waals surface area (Å²) in [6, 6.07) is 12.1. The summed E-state index contributed by atoms with van der Waals surface area (Å²) in [4.78, 5) is 19.1. The van der Waals surface area contributed by atoms with Crippen molar-refractivity contribution >= 4 is 27.6 Å². The lowest BCUT2D eigenvalue weighted by Crippen LogP contribution is -1.92. The molecule has 6 nitrogen and oxygen atoms in total. The Morgan fingerprint density at radius 1 is 1.05 bits per heavy atom. The fraction of sp³-hybridized carbons (Fsp3) is 0. The highest BCUT2D eigenvalue weighted by molar-refractivity contribution is 5.85. The third kappa shape index (κ3) is 1.98. The van der Waals surface area contributed by atoms with Crippen LogP contribution in [0.5, 0.6) is 0 Å². The molecule has 0 bridgehead atoms. The van der Waals surface area contributed by atoms with Crippen LogP contribution in [0.4, 0.5) is 5.69 Å². The van der Waals surface area contributed by atoms with Crippen LogP contribution in [-0.2, 0) is 0 Å². The number of furan rings is 1. The Morgan fingerprint density at radius 3 is 2.82 bits per heavy atom. The molecule has 2 aromatic carbocycles. The van der Waals surface area contributed by atoms with Gasteiger partial charge in [-0.3, -0.25) is 10.1 Å². The van der Waals surface area contributed by atoms with Gasteiger partial charge in [-0.2, -0.15) is 0 Å². The van der Waals surface area contributed by atoms with E-state index in [0.717, 1.165) is 16.5 Å². The largest absolute Gasteiger partial charge is 0.464 e. The van der Waals surface area contributed by atoms with Crippen LogP contribution in [-0.4, -0.2) is 14.9 Å². The van der Waals surface area contributed by atoms with E-state index in [1.165, 1.54) is 12.1 Å². The van der Waals surface area contributed by atoms with Crippen molar-refractivity contribution in [1.29, 1.82) is 0 Å². The average molecular weight is 291 g/mol.